The summed E-state index contributed by atoms with van der Waals surface area (Å²) in [6.07, 6.45) is 0. The molecule has 0 amide bonds. The lowest BCUT2D eigenvalue weighted by molar-refractivity contribution is 0.0691. The molecule has 0 atom stereocenters. The third-order valence-corrected chi connectivity index (χ3v) is 3.28. The zero-order valence-corrected chi connectivity index (χ0v) is 11.6. The number of aromatic nitrogens is 1. The summed E-state index contributed by atoms with van der Waals surface area (Å²) in [5.41, 5.74) is 1.02. The van der Waals surface area contributed by atoms with E-state index in [0.717, 1.165) is 11.6 Å². The van der Waals surface area contributed by atoms with E-state index in [9.17, 15) is 9.59 Å². The van der Waals surface area contributed by atoms with Crippen LogP contribution >= 0.6 is 0 Å². The molecule has 22 heavy (non-hydrogen) atoms. The second-order valence-electron chi connectivity index (χ2n) is 4.83. The molecule has 0 bridgehead atoms. The van der Waals surface area contributed by atoms with Gasteiger partial charge in [0.15, 0.2) is 5.43 Å². The van der Waals surface area contributed by atoms with E-state index in [1.165, 1.54) is 0 Å². The summed E-state index contributed by atoms with van der Waals surface area (Å²) in [5, 5.41) is 9.34. The number of fused-ring (bicyclic) bond motifs is 1. The van der Waals surface area contributed by atoms with Crippen molar-refractivity contribution < 1.29 is 14.6 Å². The van der Waals surface area contributed by atoms with Crippen LogP contribution in [0, 0.1) is 0 Å². The van der Waals surface area contributed by atoms with Crippen LogP contribution in [0.2, 0.25) is 0 Å². The number of aromatic carboxylic acids is 1. The molecule has 0 saturated heterocycles. The molecule has 1 heterocycles. The first-order valence-electron chi connectivity index (χ1n) is 6.70. The normalized spacial score (nSPS) is 10.5. The largest absolute Gasteiger partial charge is 0.489 e. The zero-order chi connectivity index (χ0) is 15.5. The number of H-pyrrole nitrogens is 1. The van der Waals surface area contributed by atoms with E-state index in [4.69, 9.17) is 9.84 Å². The monoisotopic (exact) mass is 295 g/mol. The Bertz CT molecular complexity index is 884. The van der Waals surface area contributed by atoms with Crippen molar-refractivity contribution in [3.05, 3.63) is 76.1 Å². The first-order valence-corrected chi connectivity index (χ1v) is 6.70. The molecule has 5 heteroatoms. The molecule has 110 valence electrons. The van der Waals surface area contributed by atoms with Crippen molar-refractivity contribution in [3.8, 4) is 5.75 Å². The molecule has 0 unspecified atom stereocenters. The Morgan fingerprint density at radius 2 is 1.86 bits per heavy atom. The zero-order valence-electron chi connectivity index (χ0n) is 11.6. The highest BCUT2D eigenvalue weighted by molar-refractivity contribution is 5.90. The maximum Gasteiger partial charge on any atom is 0.352 e. The Morgan fingerprint density at radius 1 is 1.09 bits per heavy atom. The lowest BCUT2D eigenvalue weighted by atomic mass is 10.2. The molecule has 3 aromatic rings. The number of carbonyl (C=O) groups is 1. The smallest absolute Gasteiger partial charge is 0.352 e. The quantitative estimate of drug-likeness (QED) is 0.775. The number of nitrogens with one attached hydrogen (secondary N) is 1. The van der Waals surface area contributed by atoms with Gasteiger partial charge in [-0.15, -0.1) is 0 Å². The molecular weight excluding hydrogens is 282 g/mol. The average Bonchev–Trinajstić information content (AvgIpc) is 2.54. The summed E-state index contributed by atoms with van der Waals surface area (Å²) >= 11 is 0. The van der Waals surface area contributed by atoms with Crippen molar-refractivity contribution in [3.63, 3.8) is 0 Å². The highest BCUT2D eigenvalue weighted by atomic mass is 16.5. The summed E-state index contributed by atoms with van der Waals surface area (Å²) in [6.45, 7) is 0.400. The van der Waals surface area contributed by atoms with Gasteiger partial charge in [0.1, 0.15) is 18.1 Å². The van der Waals surface area contributed by atoms with Gasteiger partial charge in [-0.05, 0) is 23.8 Å². The molecule has 0 spiro atoms. The van der Waals surface area contributed by atoms with Gasteiger partial charge >= 0.3 is 5.97 Å². The van der Waals surface area contributed by atoms with Crippen molar-refractivity contribution >= 4 is 16.9 Å². The summed E-state index contributed by atoms with van der Waals surface area (Å²) in [6, 6.07) is 15.7. The Morgan fingerprint density at radius 3 is 2.59 bits per heavy atom. The number of hydrogen-bond acceptors (Lipinski definition) is 3. The maximum atomic E-state index is 12.0. The first-order chi connectivity index (χ1) is 10.6. The Labute approximate surface area is 125 Å². The summed E-state index contributed by atoms with van der Waals surface area (Å²) in [4.78, 5) is 25.6. The molecule has 0 aliphatic carbocycles. The van der Waals surface area contributed by atoms with Crippen LogP contribution in [0.15, 0.2) is 59.4 Å². The highest BCUT2D eigenvalue weighted by Crippen LogP contribution is 2.18. The topological polar surface area (TPSA) is 79.4 Å². The molecule has 2 aromatic carbocycles. The second kappa shape index (κ2) is 5.73. The molecule has 0 aliphatic heterocycles. The van der Waals surface area contributed by atoms with E-state index < -0.39 is 5.97 Å². The summed E-state index contributed by atoms with van der Waals surface area (Å²) < 4.78 is 5.66. The fourth-order valence-corrected chi connectivity index (χ4v) is 2.17. The van der Waals surface area contributed by atoms with Crippen LogP contribution < -0.4 is 10.2 Å². The predicted molar refractivity (Wildman–Crippen MR) is 82.3 cm³/mol. The van der Waals surface area contributed by atoms with Gasteiger partial charge in [-0.3, -0.25) is 4.79 Å². The van der Waals surface area contributed by atoms with Crippen LogP contribution in [0.3, 0.4) is 0 Å². The van der Waals surface area contributed by atoms with Gasteiger partial charge in [0.2, 0.25) is 0 Å². The number of pyridine rings is 1. The van der Waals surface area contributed by atoms with Gasteiger partial charge in [0.05, 0.1) is 5.52 Å². The van der Waals surface area contributed by atoms with Crippen LogP contribution in [0.5, 0.6) is 5.75 Å². The van der Waals surface area contributed by atoms with Gasteiger partial charge in [-0.25, -0.2) is 4.79 Å². The minimum atomic E-state index is -1.16. The fourth-order valence-electron chi connectivity index (χ4n) is 2.17. The molecule has 3 rings (SSSR count). The maximum absolute atomic E-state index is 12.0. The minimum Gasteiger partial charge on any atom is -0.489 e. The number of benzene rings is 2. The molecule has 0 saturated carbocycles. The van der Waals surface area contributed by atoms with E-state index in [-0.39, 0.29) is 11.1 Å². The van der Waals surface area contributed by atoms with E-state index in [1.807, 2.05) is 30.3 Å². The number of hydrogen-bond donors (Lipinski definition) is 2. The van der Waals surface area contributed by atoms with Crippen molar-refractivity contribution in [1.82, 2.24) is 4.98 Å². The number of rotatable bonds is 4. The van der Waals surface area contributed by atoms with E-state index in [0.29, 0.717) is 23.3 Å². The van der Waals surface area contributed by atoms with Gasteiger partial charge in [-0.2, -0.15) is 0 Å². The molecule has 1 aromatic heterocycles. The van der Waals surface area contributed by atoms with Crippen molar-refractivity contribution in [2.24, 2.45) is 0 Å². The van der Waals surface area contributed by atoms with E-state index in [1.54, 1.807) is 18.2 Å². The van der Waals surface area contributed by atoms with Crippen LogP contribution in [-0.2, 0) is 6.61 Å². The Kier molecular flexibility index (Phi) is 3.62. The predicted octanol–water partition coefficient (Wildman–Crippen LogP) is 2.81. The third-order valence-electron chi connectivity index (χ3n) is 3.28. The van der Waals surface area contributed by atoms with Crippen LogP contribution in [-0.4, -0.2) is 16.1 Å². The first kappa shape index (κ1) is 13.9. The molecular formula is C17H13NO4. The summed E-state index contributed by atoms with van der Waals surface area (Å²) in [7, 11) is 0. The number of carboxylic acids is 1. The van der Waals surface area contributed by atoms with Gasteiger partial charge in [-0.1, -0.05) is 30.3 Å². The summed E-state index contributed by atoms with van der Waals surface area (Å²) in [5.74, 6) is -0.603. The number of carboxylic acid groups (broad SMARTS) is 1. The van der Waals surface area contributed by atoms with Gasteiger partial charge in [0.25, 0.3) is 0 Å². The lowest BCUT2D eigenvalue weighted by Crippen LogP contribution is -2.09. The van der Waals surface area contributed by atoms with Crippen molar-refractivity contribution in [1.29, 1.82) is 0 Å². The fraction of sp³-hybridized carbons (Fsp3) is 0.0588. The van der Waals surface area contributed by atoms with E-state index >= 15 is 0 Å². The molecule has 2 N–H and O–H groups in total. The third kappa shape index (κ3) is 2.83. The average molecular weight is 295 g/mol. The minimum absolute atomic E-state index is 0.129. The molecule has 0 fully saturated rings. The van der Waals surface area contributed by atoms with Crippen molar-refractivity contribution in [2.75, 3.05) is 0 Å². The number of aromatic amines is 1. The second-order valence-corrected chi connectivity index (χ2v) is 4.83. The van der Waals surface area contributed by atoms with Gasteiger partial charge < -0.3 is 14.8 Å². The van der Waals surface area contributed by atoms with Crippen molar-refractivity contribution in [2.45, 2.75) is 6.61 Å². The molecule has 0 radical (unpaired) electrons. The van der Waals surface area contributed by atoms with Crippen LogP contribution in [0.25, 0.3) is 10.9 Å². The Hall–Kier alpha value is -3.08. The van der Waals surface area contributed by atoms with Gasteiger partial charge in [0, 0.05) is 11.5 Å². The highest BCUT2D eigenvalue weighted by Gasteiger charge is 2.08. The SMILES string of the molecule is O=C(O)c1cc(=O)c2cc(OCc3ccccc3)ccc2[nH]1. The Balaban J connectivity index is 1.90. The molecule has 5 nitrogen and oxygen atoms in total. The molecule has 0 aliphatic rings. The van der Waals surface area contributed by atoms with E-state index in [2.05, 4.69) is 4.98 Å². The number of ether oxygens (including phenoxy) is 1. The van der Waals surface area contributed by atoms with Crippen LogP contribution in [0.4, 0.5) is 0 Å². The lowest BCUT2D eigenvalue weighted by Gasteiger charge is -2.07. The standard InChI is InChI=1S/C17H13NO4/c19-16-9-15(17(20)21)18-14-7-6-12(8-13(14)16)22-10-11-4-2-1-3-5-11/h1-9H,10H2,(H,18,19)(H,20,21). The van der Waals surface area contributed by atoms with Crippen LogP contribution in [0.1, 0.15) is 16.1 Å².